The van der Waals surface area contributed by atoms with Crippen molar-refractivity contribution in [2.24, 2.45) is 0 Å². The van der Waals surface area contributed by atoms with Crippen LogP contribution < -0.4 is 10.1 Å². The van der Waals surface area contributed by atoms with Crippen molar-refractivity contribution in [3.05, 3.63) is 47.2 Å². The van der Waals surface area contributed by atoms with E-state index in [1.165, 1.54) is 29.8 Å². The minimum Gasteiger partial charge on any atom is -0.481 e. The molecule has 4 rings (SSSR count). The van der Waals surface area contributed by atoms with E-state index in [1.807, 2.05) is 11.9 Å². The largest absolute Gasteiger partial charge is 0.481 e. The molecular formula is C23H30FN5O2. The van der Waals surface area contributed by atoms with E-state index in [0.717, 1.165) is 49.7 Å². The van der Waals surface area contributed by atoms with E-state index in [0.29, 0.717) is 18.8 Å². The van der Waals surface area contributed by atoms with Gasteiger partial charge in [0.2, 0.25) is 0 Å². The van der Waals surface area contributed by atoms with E-state index in [9.17, 15) is 9.18 Å². The summed E-state index contributed by atoms with van der Waals surface area (Å²) in [4.78, 5) is 26.7. The molecular weight excluding hydrogens is 397 g/mol. The van der Waals surface area contributed by atoms with Gasteiger partial charge in [0.15, 0.2) is 6.10 Å². The molecule has 166 valence electrons. The maximum Gasteiger partial charge on any atom is 0.263 e. The van der Waals surface area contributed by atoms with Crippen molar-refractivity contribution in [3.8, 4) is 5.75 Å². The van der Waals surface area contributed by atoms with Crippen molar-refractivity contribution < 1.29 is 13.9 Å². The average molecular weight is 428 g/mol. The lowest BCUT2D eigenvalue weighted by Gasteiger charge is -2.33. The first-order valence-corrected chi connectivity index (χ1v) is 10.9. The van der Waals surface area contributed by atoms with Crippen LogP contribution in [0.2, 0.25) is 0 Å². The molecule has 31 heavy (non-hydrogen) atoms. The Bertz CT molecular complexity index is 911. The summed E-state index contributed by atoms with van der Waals surface area (Å²) in [5, 5.41) is 3.24. The molecule has 0 aliphatic carbocycles. The van der Waals surface area contributed by atoms with E-state index in [-0.39, 0.29) is 17.6 Å². The predicted octanol–water partition coefficient (Wildman–Crippen LogP) is 2.82. The minimum atomic E-state index is -0.616. The Morgan fingerprint density at radius 3 is 2.58 bits per heavy atom. The van der Waals surface area contributed by atoms with Crippen LogP contribution in [-0.2, 0) is 17.8 Å². The maximum atomic E-state index is 13.1. The number of likely N-dealkylation sites (tertiary alicyclic amines) is 1. The summed E-state index contributed by atoms with van der Waals surface area (Å²) in [6.45, 7) is 4.91. The van der Waals surface area contributed by atoms with Crippen LogP contribution in [0.4, 0.5) is 10.2 Å². The van der Waals surface area contributed by atoms with Crippen LogP contribution in [0.3, 0.4) is 0 Å². The molecule has 1 aromatic carbocycles. The van der Waals surface area contributed by atoms with E-state index in [4.69, 9.17) is 14.7 Å². The SMILES string of the molecule is CNc1nc(C2CCN(C(=O)[C@@H](C)Oc3ccc(F)cc3)CC2)nc2c1CN(C)CC2. The van der Waals surface area contributed by atoms with Gasteiger partial charge in [-0.3, -0.25) is 4.79 Å². The Hall–Kier alpha value is -2.74. The first-order chi connectivity index (χ1) is 14.9. The summed E-state index contributed by atoms with van der Waals surface area (Å²) in [7, 11) is 4.02. The average Bonchev–Trinajstić information content (AvgIpc) is 2.79. The molecule has 2 aromatic rings. The molecule has 1 N–H and O–H groups in total. The Morgan fingerprint density at radius 2 is 1.90 bits per heavy atom. The summed E-state index contributed by atoms with van der Waals surface area (Å²) >= 11 is 0. The third kappa shape index (κ3) is 4.79. The van der Waals surface area contributed by atoms with Gasteiger partial charge in [-0.05, 0) is 51.1 Å². The Kier molecular flexibility index (Phi) is 6.36. The third-order valence-corrected chi connectivity index (χ3v) is 6.15. The van der Waals surface area contributed by atoms with Crippen molar-refractivity contribution in [1.29, 1.82) is 0 Å². The van der Waals surface area contributed by atoms with Gasteiger partial charge in [-0.1, -0.05) is 0 Å². The number of fused-ring (bicyclic) bond motifs is 1. The van der Waals surface area contributed by atoms with Gasteiger partial charge in [0, 0.05) is 51.1 Å². The normalized spacial score (nSPS) is 18.4. The van der Waals surface area contributed by atoms with Gasteiger partial charge in [-0.2, -0.15) is 0 Å². The van der Waals surface area contributed by atoms with Crippen LogP contribution in [0.1, 0.15) is 42.8 Å². The lowest BCUT2D eigenvalue weighted by molar-refractivity contribution is -0.139. The first kappa shape index (κ1) is 21.5. The van der Waals surface area contributed by atoms with E-state index in [1.54, 1.807) is 6.92 Å². The predicted molar refractivity (Wildman–Crippen MR) is 117 cm³/mol. The summed E-state index contributed by atoms with van der Waals surface area (Å²) in [5.41, 5.74) is 2.34. The summed E-state index contributed by atoms with van der Waals surface area (Å²) in [6.07, 6.45) is 1.98. The number of nitrogens with one attached hydrogen (secondary N) is 1. The van der Waals surface area contributed by atoms with Crippen LogP contribution in [0.15, 0.2) is 24.3 Å². The number of amides is 1. The lowest BCUT2D eigenvalue weighted by atomic mass is 9.94. The van der Waals surface area contributed by atoms with Crippen LogP contribution >= 0.6 is 0 Å². The molecule has 0 saturated carbocycles. The number of anilines is 1. The molecule has 7 nitrogen and oxygen atoms in total. The van der Waals surface area contributed by atoms with Crippen LogP contribution in [-0.4, -0.2) is 65.5 Å². The van der Waals surface area contributed by atoms with Gasteiger partial charge in [0.1, 0.15) is 23.2 Å². The smallest absolute Gasteiger partial charge is 0.263 e. The topological polar surface area (TPSA) is 70.6 Å². The highest BCUT2D eigenvalue weighted by Crippen LogP contribution is 2.30. The number of hydrogen-bond donors (Lipinski definition) is 1. The first-order valence-electron chi connectivity index (χ1n) is 10.9. The van der Waals surface area contributed by atoms with Crippen LogP contribution in [0, 0.1) is 5.82 Å². The number of ether oxygens (including phenoxy) is 1. The molecule has 8 heteroatoms. The van der Waals surface area contributed by atoms with Gasteiger partial charge < -0.3 is 19.9 Å². The van der Waals surface area contributed by atoms with Crippen LogP contribution in [0.5, 0.6) is 5.75 Å². The number of carbonyl (C=O) groups excluding carboxylic acids is 1. The Morgan fingerprint density at radius 1 is 1.19 bits per heavy atom. The molecule has 2 aliphatic heterocycles. The quantitative estimate of drug-likeness (QED) is 0.791. The van der Waals surface area contributed by atoms with Gasteiger partial charge in [0.05, 0.1) is 5.69 Å². The zero-order chi connectivity index (χ0) is 22.0. The molecule has 1 atom stereocenters. The zero-order valence-corrected chi connectivity index (χ0v) is 18.4. The summed E-state index contributed by atoms with van der Waals surface area (Å²) in [6, 6.07) is 5.73. The fraction of sp³-hybridized carbons (Fsp3) is 0.522. The molecule has 1 amide bonds. The highest BCUT2D eigenvalue weighted by molar-refractivity contribution is 5.81. The Labute approximate surface area is 182 Å². The molecule has 0 radical (unpaired) electrons. The van der Waals surface area contributed by atoms with Crippen molar-refractivity contribution in [2.75, 3.05) is 39.0 Å². The number of likely N-dealkylation sites (N-methyl/N-ethyl adjacent to an activating group) is 1. The monoisotopic (exact) mass is 427 g/mol. The number of benzene rings is 1. The standard InChI is InChI=1S/C23H30FN5O2/c1-15(31-18-6-4-17(24)5-7-18)23(30)29-12-8-16(9-13-29)21-26-20-10-11-28(3)14-19(20)22(25-2)27-21/h4-7,15-16H,8-14H2,1-3H3,(H,25,26,27)/t15-/m1/s1. The van der Waals surface area contributed by atoms with E-state index >= 15 is 0 Å². The number of rotatable bonds is 5. The fourth-order valence-corrected chi connectivity index (χ4v) is 4.34. The summed E-state index contributed by atoms with van der Waals surface area (Å²) in [5.74, 6) is 2.17. The van der Waals surface area contributed by atoms with E-state index in [2.05, 4.69) is 17.3 Å². The highest BCUT2D eigenvalue weighted by atomic mass is 19.1. The second kappa shape index (κ2) is 9.18. The molecule has 0 spiro atoms. The lowest BCUT2D eigenvalue weighted by Crippen LogP contribution is -2.44. The van der Waals surface area contributed by atoms with Crippen molar-refractivity contribution in [1.82, 2.24) is 19.8 Å². The third-order valence-electron chi connectivity index (χ3n) is 6.15. The number of aromatic nitrogens is 2. The van der Waals surface area contributed by atoms with Crippen molar-refractivity contribution in [3.63, 3.8) is 0 Å². The molecule has 1 saturated heterocycles. The number of piperidine rings is 1. The molecule has 0 bridgehead atoms. The number of nitrogens with zero attached hydrogens (tertiary/aromatic N) is 4. The van der Waals surface area contributed by atoms with Crippen molar-refractivity contribution >= 4 is 11.7 Å². The Balaban J connectivity index is 1.38. The van der Waals surface area contributed by atoms with Gasteiger partial charge >= 0.3 is 0 Å². The number of hydrogen-bond acceptors (Lipinski definition) is 6. The minimum absolute atomic E-state index is 0.0481. The summed E-state index contributed by atoms with van der Waals surface area (Å²) < 4.78 is 18.8. The molecule has 2 aliphatic rings. The maximum absolute atomic E-state index is 13.1. The molecule has 3 heterocycles. The van der Waals surface area contributed by atoms with Gasteiger partial charge in [-0.15, -0.1) is 0 Å². The molecule has 1 fully saturated rings. The second-order valence-electron chi connectivity index (χ2n) is 8.41. The fourth-order valence-electron chi connectivity index (χ4n) is 4.34. The molecule has 0 unspecified atom stereocenters. The van der Waals surface area contributed by atoms with Crippen LogP contribution in [0.25, 0.3) is 0 Å². The second-order valence-corrected chi connectivity index (χ2v) is 8.41. The zero-order valence-electron chi connectivity index (χ0n) is 18.4. The van der Waals surface area contributed by atoms with E-state index < -0.39 is 6.10 Å². The van der Waals surface area contributed by atoms with Gasteiger partial charge in [-0.25, -0.2) is 14.4 Å². The highest BCUT2D eigenvalue weighted by Gasteiger charge is 2.30. The molecule has 1 aromatic heterocycles. The van der Waals surface area contributed by atoms with Gasteiger partial charge in [0.25, 0.3) is 5.91 Å². The number of halogens is 1. The number of carbonyl (C=O) groups is 1. The van der Waals surface area contributed by atoms with Crippen molar-refractivity contribution in [2.45, 2.75) is 44.8 Å².